The van der Waals surface area contributed by atoms with E-state index in [1.165, 1.54) is 0 Å². The second-order valence-corrected chi connectivity index (χ2v) is 6.00. The molecular weight excluding hydrogens is 374 g/mol. The van der Waals surface area contributed by atoms with Gasteiger partial charge in [-0.2, -0.15) is 0 Å². The van der Waals surface area contributed by atoms with Crippen LogP contribution in [0.25, 0.3) is 0 Å². The maximum Gasteiger partial charge on any atom is 0.344 e. The number of ether oxygens (including phenoxy) is 2. The maximum absolute atomic E-state index is 11.7. The van der Waals surface area contributed by atoms with Gasteiger partial charge in [0.1, 0.15) is 5.75 Å². The van der Waals surface area contributed by atoms with Crippen molar-refractivity contribution in [3.05, 3.63) is 64.1 Å². The zero-order valence-electron chi connectivity index (χ0n) is 13.3. The van der Waals surface area contributed by atoms with Gasteiger partial charge in [-0.3, -0.25) is 4.79 Å². The Morgan fingerprint density at radius 3 is 2.54 bits per heavy atom. The Balaban J connectivity index is 1.68. The van der Waals surface area contributed by atoms with Crippen molar-refractivity contribution < 1.29 is 19.1 Å². The first kappa shape index (κ1) is 18.0. The van der Waals surface area contributed by atoms with Crippen molar-refractivity contribution in [2.45, 2.75) is 13.5 Å². The number of hydrogen-bond donors (Lipinski definition) is 1. The average molecular weight is 392 g/mol. The quantitative estimate of drug-likeness (QED) is 0.736. The molecule has 126 valence electrons. The van der Waals surface area contributed by atoms with E-state index < -0.39 is 5.97 Å². The molecule has 0 spiro atoms. The number of amides is 1. The van der Waals surface area contributed by atoms with Gasteiger partial charge in [0.05, 0.1) is 4.47 Å². The molecule has 6 heteroatoms. The number of aryl methyl sites for hydroxylation is 1. The Morgan fingerprint density at radius 1 is 1.08 bits per heavy atom. The summed E-state index contributed by atoms with van der Waals surface area (Å²) in [6, 6.07) is 15.0. The second kappa shape index (κ2) is 9.08. The summed E-state index contributed by atoms with van der Waals surface area (Å²) in [4.78, 5) is 23.3. The maximum atomic E-state index is 11.7. The average Bonchev–Trinajstić information content (AvgIpc) is 2.58. The van der Waals surface area contributed by atoms with Gasteiger partial charge in [-0.15, -0.1) is 0 Å². The minimum atomic E-state index is -0.600. The Labute approximate surface area is 149 Å². The number of nitrogens with one attached hydrogen (secondary N) is 1. The zero-order chi connectivity index (χ0) is 17.4. The van der Waals surface area contributed by atoms with E-state index in [0.717, 1.165) is 15.6 Å². The van der Waals surface area contributed by atoms with Crippen LogP contribution in [-0.4, -0.2) is 25.1 Å². The van der Waals surface area contributed by atoms with E-state index in [1.807, 2.05) is 49.4 Å². The molecule has 0 fully saturated rings. The molecule has 0 unspecified atom stereocenters. The lowest BCUT2D eigenvalue weighted by atomic mass is 10.2. The summed E-state index contributed by atoms with van der Waals surface area (Å²) in [6.45, 7) is 1.76. The van der Waals surface area contributed by atoms with Crippen molar-refractivity contribution >= 4 is 27.8 Å². The molecule has 0 heterocycles. The Bertz CT molecular complexity index is 703. The van der Waals surface area contributed by atoms with Gasteiger partial charge in [0.15, 0.2) is 13.2 Å². The molecule has 0 aromatic heterocycles. The molecule has 0 aliphatic carbocycles. The van der Waals surface area contributed by atoms with E-state index in [-0.39, 0.29) is 19.1 Å². The third-order valence-corrected chi connectivity index (χ3v) is 3.75. The van der Waals surface area contributed by atoms with Crippen molar-refractivity contribution in [2.24, 2.45) is 0 Å². The molecule has 1 N–H and O–H groups in total. The SMILES string of the molecule is Cc1ccc(OCC(=O)OCC(=O)NCc2ccccc2)c(Br)c1. The van der Waals surface area contributed by atoms with Crippen molar-refractivity contribution in [1.82, 2.24) is 5.32 Å². The summed E-state index contributed by atoms with van der Waals surface area (Å²) < 4.78 is 11.0. The van der Waals surface area contributed by atoms with Gasteiger partial charge in [-0.25, -0.2) is 4.79 Å². The molecule has 5 nitrogen and oxygen atoms in total. The zero-order valence-corrected chi connectivity index (χ0v) is 14.8. The molecule has 0 aliphatic rings. The summed E-state index contributed by atoms with van der Waals surface area (Å²) in [5.41, 5.74) is 2.05. The van der Waals surface area contributed by atoms with Crippen LogP contribution in [0.5, 0.6) is 5.75 Å². The van der Waals surface area contributed by atoms with Crippen LogP contribution < -0.4 is 10.1 Å². The number of benzene rings is 2. The molecule has 0 aliphatic heterocycles. The van der Waals surface area contributed by atoms with E-state index in [4.69, 9.17) is 9.47 Å². The van der Waals surface area contributed by atoms with E-state index in [0.29, 0.717) is 12.3 Å². The van der Waals surface area contributed by atoms with Crippen LogP contribution in [0.1, 0.15) is 11.1 Å². The minimum absolute atomic E-state index is 0.256. The molecule has 24 heavy (non-hydrogen) atoms. The van der Waals surface area contributed by atoms with Gasteiger partial charge >= 0.3 is 5.97 Å². The number of halogens is 1. The highest BCUT2D eigenvalue weighted by Gasteiger charge is 2.09. The number of carbonyl (C=O) groups is 2. The van der Waals surface area contributed by atoms with Crippen LogP contribution in [0.3, 0.4) is 0 Å². The molecule has 2 aromatic rings. The van der Waals surface area contributed by atoms with E-state index in [9.17, 15) is 9.59 Å². The highest BCUT2D eigenvalue weighted by molar-refractivity contribution is 9.10. The van der Waals surface area contributed by atoms with Gasteiger partial charge in [0.25, 0.3) is 5.91 Å². The van der Waals surface area contributed by atoms with Crippen LogP contribution in [0.2, 0.25) is 0 Å². The fourth-order valence-corrected chi connectivity index (χ4v) is 2.50. The first-order valence-corrected chi connectivity index (χ1v) is 8.19. The second-order valence-electron chi connectivity index (χ2n) is 5.15. The van der Waals surface area contributed by atoms with Crippen LogP contribution in [-0.2, 0) is 20.9 Å². The largest absolute Gasteiger partial charge is 0.481 e. The number of esters is 1. The predicted molar refractivity (Wildman–Crippen MR) is 93.6 cm³/mol. The topological polar surface area (TPSA) is 64.6 Å². The number of carbonyl (C=O) groups excluding carboxylic acids is 2. The highest BCUT2D eigenvalue weighted by atomic mass is 79.9. The smallest absolute Gasteiger partial charge is 0.344 e. The minimum Gasteiger partial charge on any atom is -0.481 e. The number of rotatable bonds is 7. The van der Waals surface area contributed by atoms with Crippen molar-refractivity contribution in [2.75, 3.05) is 13.2 Å². The molecule has 2 aromatic carbocycles. The molecule has 0 saturated heterocycles. The van der Waals surface area contributed by atoms with Crippen LogP contribution in [0.4, 0.5) is 0 Å². The summed E-state index contributed by atoms with van der Waals surface area (Å²) in [5, 5.41) is 2.68. The standard InChI is InChI=1S/C18H18BrNO4/c1-13-7-8-16(15(19)9-13)23-12-18(22)24-11-17(21)20-10-14-5-3-2-4-6-14/h2-9H,10-12H2,1H3,(H,20,21). The van der Waals surface area contributed by atoms with Gasteiger partial charge in [-0.1, -0.05) is 36.4 Å². The predicted octanol–water partition coefficient (Wildman–Crippen LogP) is 3.00. The van der Waals surface area contributed by atoms with Gasteiger partial charge in [-0.05, 0) is 46.1 Å². The highest BCUT2D eigenvalue weighted by Crippen LogP contribution is 2.25. The molecule has 2 rings (SSSR count). The fourth-order valence-electron chi connectivity index (χ4n) is 1.89. The lowest BCUT2D eigenvalue weighted by molar-refractivity contribution is -0.150. The van der Waals surface area contributed by atoms with Gasteiger partial charge in [0, 0.05) is 6.54 Å². The lowest BCUT2D eigenvalue weighted by Crippen LogP contribution is -2.29. The van der Waals surface area contributed by atoms with E-state index in [2.05, 4.69) is 21.2 Å². The van der Waals surface area contributed by atoms with Crippen LogP contribution in [0, 0.1) is 6.92 Å². The molecule has 0 bridgehead atoms. The molecule has 0 saturated carbocycles. The number of hydrogen-bond acceptors (Lipinski definition) is 4. The summed E-state index contributed by atoms with van der Waals surface area (Å²) >= 11 is 3.36. The summed E-state index contributed by atoms with van der Waals surface area (Å²) in [7, 11) is 0. The fraction of sp³-hybridized carbons (Fsp3) is 0.222. The van der Waals surface area contributed by atoms with Crippen LogP contribution >= 0.6 is 15.9 Å². The van der Waals surface area contributed by atoms with Crippen molar-refractivity contribution in [3.63, 3.8) is 0 Å². The van der Waals surface area contributed by atoms with Gasteiger partial charge in [0.2, 0.25) is 0 Å². The molecule has 1 amide bonds. The summed E-state index contributed by atoms with van der Waals surface area (Å²) in [6.07, 6.45) is 0. The third kappa shape index (κ3) is 6.04. The van der Waals surface area contributed by atoms with E-state index in [1.54, 1.807) is 6.07 Å². The first-order valence-electron chi connectivity index (χ1n) is 7.40. The van der Waals surface area contributed by atoms with Crippen molar-refractivity contribution in [1.29, 1.82) is 0 Å². The van der Waals surface area contributed by atoms with E-state index >= 15 is 0 Å². The van der Waals surface area contributed by atoms with Crippen molar-refractivity contribution in [3.8, 4) is 5.75 Å². The summed E-state index contributed by atoms with van der Waals surface area (Å²) in [5.74, 6) is -0.410. The first-order chi connectivity index (χ1) is 11.5. The third-order valence-electron chi connectivity index (χ3n) is 3.13. The Morgan fingerprint density at radius 2 is 1.83 bits per heavy atom. The molecular formula is C18H18BrNO4. The monoisotopic (exact) mass is 391 g/mol. The molecule has 0 atom stereocenters. The Hall–Kier alpha value is -2.34. The lowest BCUT2D eigenvalue weighted by Gasteiger charge is -2.09. The Kier molecular flexibility index (Phi) is 6.81. The normalized spacial score (nSPS) is 10.1. The molecule has 0 radical (unpaired) electrons. The van der Waals surface area contributed by atoms with Crippen LogP contribution in [0.15, 0.2) is 53.0 Å². The van der Waals surface area contributed by atoms with Gasteiger partial charge < -0.3 is 14.8 Å².